The molecule has 6 amide bonds. The summed E-state index contributed by atoms with van der Waals surface area (Å²) < 4.78 is 0. The van der Waals surface area contributed by atoms with Crippen LogP contribution in [0.4, 0.5) is 0 Å². The zero-order valence-corrected chi connectivity index (χ0v) is 31.7. The number of rotatable bonds is 9. The first-order valence-corrected chi connectivity index (χ1v) is 19.0. The van der Waals surface area contributed by atoms with Gasteiger partial charge in [0.2, 0.25) is 35.4 Å². The van der Waals surface area contributed by atoms with Crippen LogP contribution in [0.15, 0.2) is 67.1 Å². The molecule has 0 spiro atoms. The first-order chi connectivity index (χ1) is 26.3. The van der Waals surface area contributed by atoms with Gasteiger partial charge in [0, 0.05) is 37.7 Å². The van der Waals surface area contributed by atoms with Gasteiger partial charge in [-0.05, 0) is 47.9 Å². The molecule has 0 radical (unpaired) electrons. The lowest BCUT2D eigenvalue weighted by molar-refractivity contribution is -0.143. The lowest BCUT2D eigenvalue weighted by Gasteiger charge is -2.33. The Labute approximate surface area is 320 Å². The van der Waals surface area contributed by atoms with Crippen LogP contribution in [-0.4, -0.2) is 98.2 Å². The fraction of sp³-hybridized carbons (Fsp3) is 0.475. The van der Waals surface area contributed by atoms with E-state index in [1.54, 1.807) is 39.1 Å². The van der Waals surface area contributed by atoms with Gasteiger partial charge in [-0.3, -0.25) is 28.8 Å². The maximum atomic E-state index is 14.4. The van der Waals surface area contributed by atoms with Crippen molar-refractivity contribution in [2.75, 3.05) is 6.54 Å². The van der Waals surface area contributed by atoms with Crippen LogP contribution in [0, 0.1) is 11.8 Å². The van der Waals surface area contributed by atoms with Gasteiger partial charge in [-0.2, -0.15) is 0 Å². The minimum atomic E-state index is -1.21. The molecule has 55 heavy (non-hydrogen) atoms. The van der Waals surface area contributed by atoms with Crippen LogP contribution in [0.5, 0.6) is 5.75 Å². The molecule has 3 aromatic rings. The van der Waals surface area contributed by atoms with Gasteiger partial charge < -0.3 is 41.6 Å². The molecule has 7 atom stereocenters. The Morgan fingerprint density at radius 2 is 1.29 bits per heavy atom. The Hall–Kier alpha value is -5.73. The van der Waals surface area contributed by atoms with Crippen LogP contribution in [0.1, 0.15) is 63.8 Å². The van der Waals surface area contributed by atoms with E-state index < -0.39 is 83.5 Å². The van der Waals surface area contributed by atoms with Crippen LogP contribution in [0.25, 0.3) is 0 Å². The number of aromatic nitrogens is 2. The topological polar surface area (TPSA) is 215 Å². The number of carbonyl (C=O) groups is 6. The van der Waals surface area contributed by atoms with E-state index in [4.69, 9.17) is 0 Å². The van der Waals surface area contributed by atoms with Gasteiger partial charge in [-0.1, -0.05) is 76.6 Å². The number of amides is 6. The van der Waals surface area contributed by atoms with E-state index >= 15 is 0 Å². The van der Waals surface area contributed by atoms with Gasteiger partial charge in [0.05, 0.1) is 6.33 Å². The number of H-pyrrole nitrogens is 1. The largest absolute Gasteiger partial charge is 0.508 e. The zero-order chi connectivity index (χ0) is 39.6. The van der Waals surface area contributed by atoms with Crippen molar-refractivity contribution in [3.05, 3.63) is 83.9 Å². The predicted molar refractivity (Wildman–Crippen MR) is 203 cm³/mol. The van der Waals surface area contributed by atoms with Crippen molar-refractivity contribution in [3.63, 3.8) is 0 Å². The summed E-state index contributed by atoms with van der Waals surface area (Å²) in [6.07, 6.45) is 4.49. The minimum Gasteiger partial charge on any atom is -0.508 e. The standard InChI is InChI=1S/C40H52N8O7/c1-5-24(4)34-39(54)45-31(20-27-21-41-22-42-27)40(55)48-17-9-12-32(48)37(52)43-29(18-25-10-7-6-8-11-25)35(50)46-33(23(2)3)38(53)44-30(36(51)47-34)19-26-13-15-28(49)16-14-26/h6-8,10-11,13-16,21-24,29-34,49H,5,9,12,17-20H2,1-4H3,(H,41,42)(H,43,52)(H,44,53)(H,45,54)(H,46,50)(H,47,51)/t24-,29-,30-,31-,32-,33-,34-/m0/s1. The van der Waals surface area contributed by atoms with Crippen molar-refractivity contribution in [2.24, 2.45) is 11.8 Å². The maximum absolute atomic E-state index is 14.4. The molecule has 2 saturated heterocycles. The van der Waals surface area contributed by atoms with Crippen molar-refractivity contribution in [2.45, 2.75) is 102 Å². The SMILES string of the molecule is CC[C@H](C)[C@@H]1NC(=O)[C@H](Cc2ccc(O)cc2)NC(=O)[C@H](C(C)C)NC(=O)[C@H](Cc2ccccc2)NC(=O)[C@@H]2CCCN2C(=O)[C@H](Cc2cnc[nH]2)NC1=O. The lowest BCUT2D eigenvalue weighted by atomic mass is 9.96. The highest BCUT2D eigenvalue weighted by Crippen LogP contribution is 2.21. The molecule has 15 heteroatoms. The van der Waals surface area contributed by atoms with Gasteiger partial charge in [0.1, 0.15) is 42.0 Å². The number of hydrogen-bond donors (Lipinski definition) is 7. The van der Waals surface area contributed by atoms with Crippen LogP contribution in [-0.2, 0) is 48.0 Å². The minimum absolute atomic E-state index is 0.00453. The number of carbonyl (C=O) groups excluding carboxylic acids is 6. The number of fused-ring (bicyclic) bond motifs is 1. The summed E-state index contributed by atoms with van der Waals surface area (Å²) in [6, 6.07) is 8.68. The normalized spacial score (nSPS) is 25.1. The predicted octanol–water partition coefficient (Wildman–Crippen LogP) is 1.27. The highest BCUT2D eigenvalue weighted by atomic mass is 16.3. The monoisotopic (exact) mass is 756 g/mol. The first kappa shape index (κ1) is 40.5. The number of hydrogen-bond acceptors (Lipinski definition) is 8. The zero-order valence-electron chi connectivity index (χ0n) is 31.7. The second-order valence-electron chi connectivity index (χ2n) is 14.8. The number of aromatic amines is 1. The van der Waals surface area contributed by atoms with Crippen LogP contribution >= 0.6 is 0 Å². The third-order valence-electron chi connectivity index (χ3n) is 10.4. The third-order valence-corrected chi connectivity index (χ3v) is 10.4. The van der Waals surface area contributed by atoms with Gasteiger partial charge in [-0.25, -0.2) is 4.98 Å². The summed E-state index contributed by atoms with van der Waals surface area (Å²) in [6.45, 7) is 7.42. The number of nitrogens with zero attached hydrogens (tertiary/aromatic N) is 2. The van der Waals surface area contributed by atoms with Gasteiger partial charge >= 0.3 is 0 Å². The summed E-state index contributed by atoms with van der Waals surface area (Å²) in [5, 5.41) is 24.1. The molecular weight excluding hydrogens is 704 g/mol. The highest BCUT2D eigenvalue weighted by Gasteiger charge is 2.41. The first-order valence-electron chi connectivity index (χ1n) is 19.0. The number of benzene rings is 2. The van der Waals surface area contributed by atoms with Crippen LogP contribution in [0.3, 0.4) is 0 Å². The number of imidazole rings is 1. The molecule has 0 bridgehead atoms. The molecule has 0 aliphatic carbocycles. The van der Waals surface area contributed by atoms with Crippen LogP contribution < -0.4 is 26.6 Å². The Morgan fingerprint density at radius 1 is 0.709 bits per heavy atom. The molecule has 0 saturated carbocycles. The molecule has 2 fully saturated rings. The lowest BCUT2D eigenvalue weighted by Crippen LogP contribution is -2.63. The molecule has 5 rings (SSSR count). The van der Waals surface area contributed by atoms with Crippen molar-refractivity contribution in [1.82, 2.24) is 41.5 Å². The van der Waals surface area contributed by atoms with E-state index in [2.05, 4.69) is 36.6 Å². The second-order valence-corrected chi connectivity index (χ2v) is 14.8. The molecule has 2 aliphatic rings. The molecule has 0 unspecified atom stereocenters. The molecular formula is C40H52N8O7. The Bertz CT molecular complexity index is 1800. The summed E-state index contributed by atoms with van der Waals surface area (Å²) in [7, 11) is 0. The third kappa shape index (κ3) is 10.5. The van der Waals surface area contributed by atoms with E-state index in [0.717, 1.165) is 5.56 Å². The average Bonchev–Trinajstić information content (AvgIpc) is 3.88. The van der Waals surface area contributed by atoms with E-state index in [9.17, 15) is 33.9 Å². The van der Waals surface area contributed by atoms with Crippen LogP contribution in [0.2, 0.25) is 0 Å². The van der Waals surface area contributed by atoms with Crippen molar-refractivity contribution < 1.29 is 33.9 Å². The molecule has 3 heterocycles. The molecule has 7 N–H and O–H groups in total. The second kappa shape index (κ2) is 18.5. The molecule has 2 aromatic carbocycles. The fourth-order valence-electron chi connectivity index (χ4n) is 6.99. The molecule has 294 valence electrons. The summed E-state index contributed by atoms with van der Waals surface area (Å²) in [4.78, 5) is 93.5. The van der Waals surface area contributed by atoms with Gasteiger partial charge in [0.15, 0.2) is 0 Å². The van der Waals surface area contributed by atoms with E-state index in [0.29, 0.717) is 30.5 Å². The number of phenolic OH excluding ortho intramolecular Hbond substituents is 1. The van der Waals surface area contributed by atoms with E-state index in [1.807, 2.05) is 37.3 Å². The average molecular weight is 757 g/mol. The van der Waals surface area contributed by atoms with E-state index in [-0.39, 0.29) is 31.6 Å². The Morgan fingerprint density at radius 3 is 1.89 bits per heavy atom. The van der Waals surface area contributed by atoms with Crippen molar-refractivity contribution in [1.29, 1.82) is 0 Å². The summed E-state index contributed by atoms with van der Waals surface area (Å²) >= 11 is 0. The highest BCUT2D eigenvalue weighted by molar-refractivity contribution is 5.98. The van der Waals surface area contributed by atoms with Crippen molar-refractivity contribution in [3.8, 4) is 5.75 Å². The summed E-state index contributed by atoms with van der Waals surface area (Å²) in [5.74, 6) is -4.32. The van der Waals surface area contributed by atoms with Crippen molar-refractivity contribution >= 4 is 35.4 Å². The molecule has 2 aliphatic heterocycles. The summed E-state index contributed by atoms with van der Waals surface area (Å²) in [5.41, 5.74) is 1.95. The number of aromatic hydroxyl groups is 1. The quantitative estimate of drug-likeness (QED) is 0.169. The molecule has 15 nitrogen and oxygen atoms in total. The van der Waals surface area contributed by atoms with Gasteiger partial charge in [-0.15, -0.1) is 0 Å². The number of nitrogens with one attached hydrogen (secondary N) is 6. The molecule has 1 aromatic heterocycles. The fourth-order valence-corrected chi connectivity index (χ4v) is 6.99. The van der Waals surface area contributed by atoms with Gasteiger partial charge in [0.25, 0.3) is 0 Å². The maximum Gasteiger partial charge on any atom is 0.246 e. The number of phenols is 1. The van der Waals surface area contributed by atoms with E-state index in [1.165, 1.54) is 23.4 Å². The Kier molecular flexibility index (Phi) is 13.6. The smallest absolute Gasteiger partial charge is 0.246 e. The Balaban J connectivity index is 1.56.